The number of aliphatic carboxylic acids is 1. The quantitative estimate of drug-likeness (QED) is 0.813. The summed E-state index contributed by atoms with van der Waals surface area (Å²) < 4.78 is 25.5. The minimum Gasteiger partial charge on any atom is -0.481 e. The molecule has 1 atom stereocenters. The van der Waals surface area contributed by atoms with Gasteiger partial charge in [0.05, 0.1) is 5.92 Å². The molecular weight excluding hydrogens is 190 g/mol. The lowest BCUT2D eigenvalue weighted by Gasteiger charge is -2.11. The molecular formula is C10H10F2O2. The first-order chi connectivity index (χ1) is 6.57. The zero-order valence-electron chi connectivity index (χ0n) is 7.63. The van der Waals surface area contributed by atoms with Gasteiger partial charge >= 0.3 is 5.97 Å². The molecule has 1 unspecified atom stereocenters. The molecule has 0 aromatic heterocycles. The monoisotopic (exact) mass is 200 g/mol. The van der Waals surface area contributed by atoms with E-state index in [0.717, 1.165) is 6.07 Å². The molecule has 1 aromatic rings. The number of benzene rings is 1. The topological polar surface area (TPSA) is 37.3 Å². The predicted octanol–water partition coefficient (Wildman–Crippen LogP) is 2.48. The van der Waals surface area contributed by atoms with Gasteiger partial charge in [0.1, 0.15) is 12.5 Å². The fourth-order valence-corrected chi connectivity index (χ4v) is 1.26. The maximum Gasteiger partial charge on any atom is 0.310 e. The van der Waals surface area contributed by atoms with Gasteiger partial charge in [-0.05, 0) is 18.6 Å². The highest BCUT2D eigenvalue weighted by molar-refractivity contribution is 5.76. The highest BCUT2D eigenvalue weighted by Crippen LogP contribution is 2.23. The van der Waals surface area contributed by atoms with Crippen molar-refractivity contribution in [3.05, 3.63) is 35.1 Å². The van der Waals surface area contributed by atoms with Gasteiger partial charge in [0.25, 0.3) is 0 Å². The molecule has 0 heterocycles. The van der Waals surface area contributed by atoms with E-state index in [9.17, 15) is 13.6 Å². The fourth-order valence-electron chi connectivity index (χ4n) is 1.26. The van der Waals surface area contributed by atoms with E-state index in [0.29, 0.717) is 0 Å². The molecule has 0 spiro atoms. The van der Waals surface area contributed by atoms with E-state index in [2.05, 4.69) is 0 Å². The Morgan fingerprint density at radius 1 is 1.57 bits per heavy atom. The van der Waals surface area contributed by atoms with Gasteiger partial charge in [0.2, 0.25) is 0 Å². The number of alkyl halides is 1. The summed E-state index contributed by atoms with van der Waals surface area (Å²) in [5.41, 5.74) is 0.0300. The average Bonchev–Trinajstić information content (AvgIpc) is 2.16. The maximum absolute atomic E-state index is 13.0. The third kappa shape index (κ3) is 1.89. The summed E-state index contributed by atoms with van der Waals surface area (Å²) in [5, 5.41) is 8.70. The molecule has 0 radical (unpaired) electrons. The smallest absolute Gasteiger partial charge is 0.310 e. The second-order valence-corrected chi connectivity index (χ2v) is 3.00. The summed E-state index contributed by atoms with van der Waals surface area (Å²) in [4.78, 5) is 10.6. The van der Waals surface area contributed by atoms with E-state index >= 15 is 0 Å². The molecule has 0 amide bonds. The number of hydrogen-bond acceptors (Lipinski definition) is 1. The lowest BCUT2D eigenvalue weighted by molar-refractivity contribution is -0.138. The van der Waals surface area contributed by atoms with Crippen molar-refractivity contribution in [2.24, 2.45) is 0 Å². The largest absolute Gasteiger partial charge is 0.481 e. The number of halogens is 2. The van der Waals surface area contributed by atoms with Crippen LogP contribution in [-0.4, -0.2) is 11.1 Å². The normalized spacial score (nSPS) is 12.5. The fraction of sp³-hybridized carbons (Fsp3) is 0.300. The van der Waals surface area contributed by atoms with Gasteiger partial charge in [-0.15, -0.1) is 0 Å². The molecule has 0 aliphatic heterocycles. The van der Waals surface area contributed by atoms with Crippen LogP contribution in [0.25, 0.3) is 0 Å². The Labute approximate surface area is 80.2 Å². The van der Waals surface area contributed by atoms with Crippen LogP contribution in [0.15, 0.2) is 18.2 Å². The number of carbonyl (C=O) groups is 1. The van der Waals surface area contributed by atoms with E-state index in [-0.39, 0.29) is 11.1 Å². The lowest BCUT2D eigenvalue weighted by atomic mass is 9.96. The number of carboxylic acids is 1. The van der Waals surface area contributed by atoms with Gasteiger partial charge in [0.15, 0.2) is 0 Å². The maximum atomic E-state index is 13.0. The van der Waals surface area contributed by atoms with Crippen molar-refractivity contribution in [3.8, 4) is 0 Å². The standard InChI is InChI=1S/C10H10F2O2/c1-6(10(13)14)7-3-2-4-9(12)8(7)5-11/h2-4,6H,5H2,1H3,(H,13,14). The minimum absolute atomic E-state index is 0.164. The molecule has 14 heavy (non-hydrogen) atoms. The van der Waals surface area contributed by atoms with Crippen molar-refractivity contribution in [1.82, 2.24) is 0 Å². The van der Waals surface area contributed by atoms with Crippen molar-refractivity contribution in [1.29, 1.82) is 0 Å². The average molecular weight is 200 g/mol. The molecule has 0 aliphatic carbocycles. The Morgan fingerprint density at radius 3 is 2.71 bits per heavy atom. The summed E-state index contributed by atoms with van der Waals surface area (Å²) in [6.45, 7) is 0.413. The predicted molar refractivity (Wildman–Crippen MR) is 47.3 cm³/mol. The molecule has 4 heteroatoms. The van der Waals surface area contributed by atoms with E-state index < -0.39 is 24.4 Å². The van der Waals surface area contributed by atoms with E-state index in [1.165, 1.54) is 19.1 Å². The first kappa shape index (κ1) is 10.6. The Kier molecular flexibility index (Phi) is 3.17. The first-order valence-corrected chi connectivity index (χ1v) is 4.14. The Hall–Kier alpha value is -1.45. The highest BCUT2D eigenvalue weighted by Gasteiger charge is 2.19. The van der Waals surface area contributed by atoms with E-state index in [1.54, 1.807) is 0 Å². The van der Waals surface area contributed by atoms with E-state index in [4.69, 9.17) is 5.11 Å². The second-order valence-electron chi connectivity index (χ2n) is 3.00. The second kappa shape index (κ2) is 4.17. The minimum atomic E-state index is -1.09. The van der Waals surface area contributed by atoms with Gasteiger partial charge in [-0.25, -0.2) is 8.78 Å². The molecule has 1 N–H and O–H groups in total. The molecule has 76 valence electrons. The third-order valence-corrected chi connectivity index (χ3v) is 2.13. The van der Waals surface area contributed by atoms with Gasteiger partial charge in [0, 0.05) is 5.56 Å². The molecule has 0 aliphatic rings. The van der Waals surface area contributed by atoms with Crippen molar-refractivity contribution >= 4 is 5.97 Å². The number of rotatable bonds is 3. The van der Waals surface area contributed by atoms with E-state index in [1.807, 2.05) is 0 Å². The van der Waals surface area contributed by atoms with Crippen LogP contribution >= 0.6 is 0 Å². The van der Waals surface area contributed by atoms with Gasteiger partial charge < -0.3 is 5.11 Å². The summed E-state index contributed by atoms with van der Waals surface area (Å²) in [6.07, 6.45) is 0. The molecule has 2 nitrogen and oxygen atoms in total. The van der Waals surface area contributed by atoms with Crippen LogP contribution in [0.3, 0.4) is 0 Å². The summed E-state index contributed by atoms with van der Waals surface area (Å²) in [5.74, 6) is -2.68. The summed E-state index contributed by atoms with van der Waals surface area (Å²) in [7, 11) is 0. The van der Waals surface area contributed by atoms with Crippen molar-refractivity contribution in [3.63, 3.8) is 0 Å². The van der Waals surface area contributed by atoms with Gasteiger partial charge in [-0.1, -0.05) is 12.1 Å². The summed E-state index contributed by atoms with van der Waals surface area (Å²) in [6, 6.07) is 3.92. The number of hydrogen-bond donors (Lipinski definition) is 1. The SMILES string of the molecule is CC(C(=O)O)c1cccc(F)c1CF. The molecule has 1 rings (SSSR count). The van der Waals surface area contributed by atoms with Crippen LogP contribution in [-0.2, 0) is 11.5 Å². The van der Waals surface area contributed by atoms with Crippen molar-refractivity contribution in [2.75, 3.05) is 0 Å². The Balaban J connectivity index is 3.20. The van der Waals surface area contributed by atoms with Crippen LogP contribution < -0.4 is 0 Å². The molecule has 1 aromatic carbocycles. The molecule has 0 fully saturated rings. The van der Waals surface area contributed by atoms with Gasteiger partial charge in [-0.3, -0.25) is 4.79 Å². The van der Waals surface area contributed by atoms with Gasteiger partial charge in [-0.2, -0.15) is 0 Å². The third-order valence-electron chi connectivity index (χ3n) is 2.13. The van der Waals surface area contributed by atoms with Crippen LogP contribution in [0.2, 0.25) is 0 Å². The molecule has 0 saturated heterocycles. The lowest BCUT2D eigenvalue weighted by Crippen LogP contribution is -2.10. The first-order valence-electron chi connectivity index (χ1n) is 4.14. The summed E-state index contributed by atoms with van der Waals surface area (Å²) >= 11 is 0. The molecule has 0 saturated carbocycles. The zero-order valence-corrected chi connectivity index (χ0v) is 7.63. The van der Waals surface area contributed by atoms with Crippen LogP contribution in [0.5, 0.6) is 0 Å². The van der Waals surface area contributed by atoms with Crippen LogP contribution in [0.4, 0.5) is 8.78 Å². The highest BCUT2D eigenvalue weighted by atomic mass is 19.1. The van der Waals surface area contributed by atoms with Crippen molar-refractivity contribution < 1.29 is 18.7 Å². The van der Waals surface area contributed by atoms with Crippen LogP contribution in [0, 0.1) is 5.82 Å². The Bertz CT molecular complexity index is 350. The number of carboxylic acid groups (broad SMARTS) is 1. The Morgan fingerprint density at radius 2 is 2.21 bits per heavy atom. The zero-order chi connectivity index (χ0) is 10.7. The molecule has 0 bridgehead atoms. The van der Waals surface area contributed by atoms with Crippen LogP contribution in [0.1, 0.15) is 24.0 Å². The van der Waals surface area contributed by atoms with Crippen molar-refractivity contribution in [2.45, 2.75) is 19.5 Å².